The molecule has 6 heteroatoms. The third kappa shape index (κ3) is 3.61. The Bertz CT molecular complexity index is 1260. The molecule has 2 fully saturated rings. The predicted molar refractivity (Wildman–Crippen MR) is 128 cm³/mol. The van der Waals surface area contributed by atoms with Crippen LogP contribution in [-0.4, -0.2) is 43.4 Å². The van der Waals surface area contributed by atoms with Gasteiger partial charge in [0, 0.05) is 29.9 Å². The largest absolute Gasteiger partial charge is 0.423 e. The molecule has 1 radical (unpaired) electrons. The predicted octanol–water partition coefficient (Wildman–Crippen LogP) is 5.35. The Labute approximate surface area is 192 Å². The molecule has 5 nitrogen and oxygen atoms in total. The monoisotopic (exact) mass is 444 g/mol. The van der Waals surface area contributed by atoms with Crippen molar-refractivity contribution in [2.24, 2.45) is 0 Å². The molecular weight excluding hydrogens is 422 g/mol. The molecule has 0 spiro atoms. The number of nitrogens with zero attached hydrogens (tertiary/aromatic N) is 3. The summed E-state index contributed by atoms with van der Waals surface area (Å²) in [6.07, 6.45) is 0.156. The lowest BCUT2D eigenvalue weighted by Gasteiger charge is -2.46. The van der Waals surface area contributed by atoms with Gasteiger partial charge >= 0.3 is 0 Å². The summed E-state index contributed by atoms with van der Waals surface area (Å²) < 4.78 is 12.3. The second kappa shape index (κ2) is 7.84. The first-order chi connectivity index (χ1) is 15.6. The number of aromatic nitrogens is 1. The molecule has 3 aromatic carbocycles. The van der Waals surface area contributed by atoms with E-state index in [-0.39, 0.29) is 12.2 Å². The number of fused-ring (bicyclic) bond motifs is 3. The van der Waals surface area contributed by atoms with Gasteiger partial charge in [0.2, 0.25) is 0 Å². The van der Waals surface area contributed by atoms with Crippen LogP contribution >= 0.6 is 11.6 Å². The quantitative estimate of drug-likeness (QED) is 0.426. The van der Waals surface area contributed by atoms with Gasteiger partial charge < -0.3 is 19.0 Å². The molecule has 2 atom stereocenters. The third-order valence-electron chi connectivity index (χ3n) is 6.22. The lowest BCUT2D eigenvalue weighted by atomic mass is 10.0. The van der Waals surface area contributed by atoms with Crippen LogP contribution in [0.1, 0.15) is 5.56 Å². The van der Waals surface area contributed by atoms with Crippen molar-refractivity contribution in [3.8, 4) is 11.1 Å². The second-order valence-corrected chi connectivity index (χ2v) is 9.00. The van der Waals surface area contributed by atoms with Gasteiger partial charge in [-0.3, -0.25) is 0 Å². The molecule has 6 rings (SSSR count). The average Bonchev–Trinajstić information content (AvgIpc) is 3.22. The summed E-state index contributed by atoms with van der Waals surface area (Å²) in [7, 11) is 0. The molecule has 32 heavy (non-hydrogen) atoms. The number of hydrogen-bond donors (Lipinski definition) is 0. The molecule has 2 unspecified atom stereocenters. The zero-order chi connectivity index (χ0) is 21.7. The number of oxazole rings is 1. The molecule has 2 aliphatic rings. The molecular formula is C26H23ClN3O2. The lowest BCUT2D eigenvalue weighted by Crippen LogP contribution is -2.60. The van der Waals surface area contributed by atoms with Gasteiger partial charge in [0.05, 0.1) is 25.3 Å². The van der Waals surface area contributed by atoms with Crippen molar-refractivity contribution in [3.05, 3.63) is 77.3 Å². The number of anilines is 2. The average molecular weight is 445 g/mol. The minimum Gasteiger partial charge on any atom is -0.423 e. The molecule has 0 aliphatic carbocycles. The van der Waals surface area contributed by atoms with E-state index in [9.17, 15) is 0 Å². The van der Waals surface area contributed by atoms with Gasteiger partial charge in [-0.25, -0.2) is 0 Å². The van der Waals surface area contributed by atoms with Crippen molar-refractivity contribution < 1.29 is 9.15 Å². The van der Waals surface area contributed by atoms with Gasteiger partial charge in [-0.15, -0.1) is 0 Å². The van der Waals surface area contributed by atoms with Crippen LogP contribution in [-0.2, 0) is 4.74 Å². The summed E-state index contributed by atoms with van der Waals surface area (Å²) in [4.78, 5) is 9.28. The van der Waals surface area contributed by atoms with Crippen molar-refractivity contribution in [2.45, 2.75) is 19.1 Å². The Kier molecular flexibility index (Phi) is 4.81. The summed E-state index contributed by atoms with van der Waals surface area (Å²) in [6, 6.07) is 24.6. The SMILES string of the molecule is Cc1ccc(-c2ccccc2)[c]c1N1CC2CN(c3nc4cc(Cl)ccc4o3)CC(C1)O2. The number of halogens is 1. The van der Waals surface area contributed by atoms with E-state index in [1.54, 1.807) is 0 Å². The first-order valence-corrected chi connectivity index (χ1v) is 11.3. The molecule has 4 aromatic rings. The molecule has 161 valence electrons. The topological polar surface area (TPSA) is 41.7 Å². The standard InChI is InChI=1S/C26H23ClN3O2/c1-17-7-8-19(18-5-3-2-4-6-18)11-24(17)29-13-21-15-30(16-22(14-29)31-21)26-28-23-12-20(27)9-10-25(23)32-26/h2-10,12,21-22H,13-16H2,1H3. The highest BCUT2D eigenvalue weighted by molar-refractivity contribution is 6.31. The van der Waals surface area contributed by atoms with Crippen molar-refractivity contribution in [2.75, 3.05) is 36.0 Å². The van der Waals surface area contributed by atoms with Crippen LogP contribution in [0.5, 0.6) is 0 Å². The van der Waals surface area contributed by atoms with E-state index < -0.39 is 0 Å². The van der Waals surface area contributed by atoms with Crippen molar-refractivity contribution in [1.82, 2.24) is 4.98 Å². The van der Waals surface area contributed by atoms with Gasteiger partial charge in [-0.1, -0.05) is 54.1 Å². The van der Waals surface area contributed by atoms with E-state index >= 15 is 0 Å². The number of aryl methyl sites for hydroxylation is 1. The number of benzene rings is 3. The highest BCUT2D eigenvalue weighted by atomic mass is 35.5. The Balaban J connectivity index is 1.24. The number of hydrogen-bond acceptors (Lipinski definition) is 5. The normalized spacial score (nSPS) is 20.7. The van der Waals surface area contributed by atoms with Crippen LogP contribution in [0.3, 0.4) is 0 Å². The highest BCUT2D eigenvalue weighted by Gasteiger charge is 2.37. The number of ether oxygens (including phenoxy) is 1. The summed E-state index contributed by atoms with van der Waals surface area (Å²) in [6.45, 7) is 5.26. The van der Waals surface area contributed by atoms with Crippen molar-refractivity contribution in [3.63, 3.8) is 0 Å². The summed E-state index contributed by atoms with van der Waals surface area (Å²) in [5, 5.41) is 0.663. The van der Waals surface area contributed by atoms with Gasteiger partial charge in [-0.2, -0.15) is 4.98 Å². The molecule has 0 N–H and O–H groups in total. The number of morpholine rings is 2. The molecule has 2 aliphatic heterocycles. The molecule has 2 saturated heterocycles. The summed E-state index contributed by atoms with van der Waals surface area (Å²) in [5.74, 6) is 0. The van der Waals surface area contributed by atoms with E-state index in [0.717, 1.165) is 48.5 Å². The fourth-order valence-corrected chi connectivity index (χ4v) is 4.89. The number of rotatable bonds is 3. The lowest BCUT2D eigenvalue weighted by molar-refractivity contribution is -0.0391. The zero-order valence-corrected chi connectivity index (χ0v) is 18.5. The second-order valence-electron chi connectivity index (χ2n) is 8.57. The highest BCUT2D eigenvalue weighted by Crippen LogP contribution is 2.32. The molecule has 0 amide bonds. The Morgan fingerprint density at radius 3 is 2.47 bits per heavy atom. The van der Waals surface area contributed by atoms with E-state index in [1.807, 2.05) is 24.3 Å². The molecule has 2 bridgehead atoms. The van der Waals surface area contributed by atoms with Crippen LogP contribution in [0.2, 0.25) is 5.02 Å². The Morgan fingerprint density at radius 1 is 0.938 bits per heavy atom. The summed E-state index contributed by atoms with van der Waals surface area (Å²) in [5.41, 5.74) is 6.24. The maximum absolute atomic E-state index is 6.29. The maximum atomic E-state index is 6.29. The minimum atomic E-state index is 0.0780. The first kappa shape index (κ1) is 19.6. The van der Waals surface area contributed by atoms with Crippen molar-refractivity contribution in [1.29, 1.82) is 0 Å². The van der Waals surface area contributed by atoms with Crippen LogP contribution in [0.25, 0.3) is 22.2 Å². The maximum Gasteiger partial charge on any atom is 0.298 e. The van der Waals surface area contributed by atoms with E-state index in [2.05, 4.69) is 64.2 Å². The van der Waals surface area contributed by atoms with Crippen LogP contribution in [0.15, 0.2) is 65.1 Å². The van der Waals surface area contributed by atoms with E-state index in [4.69, 9.17) is 20.8 Å². The van der Waals surface area contributed by atoms with Crippen LogP contribution < -0.4 is 9.80 Å². The third-order valence-corrected chi connectivity index (χ3v) is 6.45. The zero-order valence-electron chi connectivity index (χ0n) is 17.8. The van der Waals surface area contributed by atoms with E-state index in [1.165, 1.54) is 11.1 Å². The smallest absolute Gasteiger partial charge is 0.298 e. The fourth-order valence-electron chi connectivity index (χ4n) is 4.72. The summed E-state index contributed by atoms with van der Waals surface area (Å²) >= 11 is 6.11. The van der Waals surface area contributed by atoms with Crippen LogP contribution in [0.4, 0.5) is 11.7 Å². The minimum absolute atomic E-state index is 0.0780. The van der Waals surface area contributed by atoms with E-state index in [0.29, 0.717) is 11.0 Å². The van der Waals surface area contributed by atoms with Gasteiger partial charge in [0.25, 0.3) is 6.01 Å². The first-order valence-electron chi connectivity index (χ1n) is 10.9. The molecule has 0 saturated carbocycles. The molecule has 3 heterocycles. The van der Waals surface area contributed by atoms with Gasteiger partial charge in [0.1, 0.15) is 5.52 Å². The Hall–Kier alpha value is -3.02. The fraction of sp³-hybridized carbons (Fsp3) is 0.269. The van der Waals surface area contributed by atoms with Gasteiger partial charge in [-0.05, 0) is 41.8 Å². The molecule has 1 aromatic heterocycles. The van der Waals surface area contributed by atoms with Gasteiger partial charge in [0.15, 0.2) is 5.58 Å². The Morgan fingerprint density at radius 2 is 1.69 bits per heavy atom. The van der Waals surface area contributed by atoms with Crippen molar-refractivity contribution >= 4 is 34.4 Å². The van der Waals surface area contributed by atoms with Crippen LogP contribution in [0, 0.1) is 13.0 Å².